The Morgan fingerprint density at radius 2 is 1.72 bits per heavy atom. The Balaban J connectivity index is 2.14. The minimum Gasteiger partial charge on any atom is -0.481 e. The molecule has 0 aromatic heterocycles. The molecule has 1 aromatic carbocycles. The molecule has 1 fully saturated rings. The van der Waals surface area contributed by atoms with Gasteiger partial charge in [-0.1, -0.05) is 45.0 Å². The van der Waals surface area contributed by atoms with Crippen molar-refractivity contribution in [2.24, 2.45) is 5.92 Å². The summed E-state index contributed by atoms with van der Waals surface area (Å²) in [5, 5.41) is 19.2. The van der Waals surface area contributed by atoms with Gasteiger partial charge in [0.1, 0.15) is 0 Å². The number of carboxylic acid groups (broad SMARTS) is 1. The lowest BCUT2D eigenvalue weighted by molar-refractivity contribution is -0.159. The third kappa shape index (κ3) is 2.27. The van der Waals surface area contributed by atoms with Gasteiger partial charge in [0.15, 0.2) is 0 Å². The van der Waals surface area contributed by atoms with Crippen molar-refractivity contribution in [1.29, 1.82) is 0 Å². The molecule has 0 unspecified atom stereocenters. The summed E-state index contributed by atoms with van der Waals surface area (Å²) in [6, 6.07) is 7.86. The summed E-state index contributed by atoms with van der Waals surface area (Å²) in [4.78, 5) is 10.8. The second-order valence-electron chi connectivity index (χ2n) is 6.30. The topological polar surface area (TPSA) is 57.5 Å². The smallest absolute Gasteiger partial charge is 0.306 e. The van der Waals surface area contributed by atoms with Crippen molar-refractivity contribution in [3.8, 4) is 0 Å². The van der Waals surface area contributed by atoms with E-state index < -0.39 is 17.5 Å². The highest BCUT2D eigenvalue weighted by molar-refractivity contribution is 5.71. The number of aliphatic hydroxyl groups is 1. The molecular weight excluding hydrogens is 228 g/mol. The van der Waals surface area contributed by atoms with Gasteiger partial charge in [-0.3, -0.25) is 4.79 Å². The van der Waals surface area contributed by atoms with E-state index in [0.717, 1.165) is 5.56 Å². The van der Waals surface area contributed by atoms with Crippen LogP contribution >= 0.6 is 0 Å². The minimum absolute atomic E-state index is 0.0877. The molecule has 1 aromatic rings. The van der Waals surface area contributed by atoms with E-state index in [-0.39, 0.29) is 5.41 Å². The van der Waals surface area contributed by atoms with Gasteiger partial charge in [-0.2, -0.15) is 0 Å². The number of rotatable bonds is 2. The van der Waals surface area contributed by atoms with E-state index in [9.17, 15) is 9.90 Å². The van der Waals surface area contributed by atoms with Crippen LogP contribution in [-0.2, 0) is 15.8 Å². The average Bonchev–Trinajstić information content (AvgIpc) is 2.23. The van der Waals surface area contributed by atoms with Crippen molar-refractivity contribution in [3.05, 3.63) is 35.4 Å². The van der Waals surface area contributed by atoms with Crippen molar-refractivity contribution in [3.63, 3.8) is 0 Å². The summed E-state index contributed by atoms with van der Waals surface area (Å²) in [5.41, 5.74) is 1.18. The zero-order chi connectivity index (χ0) is 13.6. The number of aliphatic carboxylic acids is 1. The standard InChI is InChI=1S/C15H20O3/c1-14(2,3)11-4-6-12(7-5-11)15(18)8-10(9-15)13(16)17/h4-7,10,18H,8-9H2,1-3H3,(H,16,17). The molecule has 0 atom stereocenters. The molecule has 0 bridgehead atoms. The number of hydrogen-bond acceptors (Lipinski definition) is 2. The van der Waals surface area contributed by atoms with E-state index >= 15 is 0 Å². The average molecular weight is 248 g/mol. The highest BCUT2D eigenvalue weighted by atomic mass is 16.4. The van der Waals surface area contributed by atoms with Gasteiger partial charge in [0.05, 0.1) is 11.5 Å². The van der Waals surface area contributed by atoms with Crippen LogP contribution in [0.5, 0.6) is 0 Å². The monoisotopic (exact) mass is 248 g/mol. The highest BCUT2D eigenvalue weighted by Crippen LogP contribution is 2.45. The Morgan fingerprint density at radius 3 is 2.11 bits per heavy atom. The fraction of sp³-hybridized carbons (Fsp3) is 0.533. The summed E-state index contributed by atoms with van der Waals surface area (Å²) in [7, 11) is 0. The third-order valence-corrected chi connectivity index (χ3v) is 3.81. The third-order valence-electron chi connectivity index (χ3n) is 3.81. The predicted octanol–water partition coefficient (Wildman–Crippen LogP) is 2.67. The Bertz CT molecular complexity index is 448. The second-order valence-corrected chi connectivity index (χ2v) is 6.30. The van der Waals surface area contributed by atoms with Crippen molar-refractivity contribution in [1.82, 2.24) is 0 Å². The summed E-state index contributed by atoms with van der Waals surface area (Å²) < 4.78 is 0. The van der Waals surface area contributed by atoms with Crippen LogP contribution in [0, 0.1) is 5.92 Å². The normalized spacial score (nSPS) is 27.7. The van der Waals surface area contributed by atoms with Gasteiger partial charge in [-0.15, -0.1) is 0 Å². The zero-order valence-corrected chi connectivity index (χ0v) is 11.1. The van der Waals surface area contributed by atoms with Gasteiger partial charge in [0.25, 0.3) is 0 Å². The second kappa shape index (κ2) is 4.09. The summed E-state index contributed by atoms with van der Waals surface area (Å²) in [6.45, 7) is 6.42. The van der Waals surface area contributed by atoms with Crippen LogP contribution in [0.15, 0.2) is 24.3 Å². The fourth-order valence-corrected chi connectivity index (χ4v) is 2.45. The molecule has 0 spiro atoms. The number of benzene rings is 1. The molecule has 1 aliphatic rings. The highest BCUT2D eigenvalue weighted by Gasteiger charge is 2.47. The minimum atomic E-state index is -0.945. The van der Waals surface area contributed by atoms with Crippen LogP contribution in [0.2, 0.25) is 0 Å². The molecule has 3 heteroatoms. The zero-order valence-electron chi connectivity index (χ0n) is 11.1. The summed E-state index contributed by atoms with van der Waals surface area (Å²) in [5.74, 6) is -1.22. The van der Waals surface area contributed by atoms with Gasteiger partial charge in [-0.05, 0) is 29.4 Å². The molecule has 2 N–H and O–H groups in total. The number of carbonyl (C=O) groups is 1. The predicted molar refractivity (Wildman–Crippen MR) is 69.4 cm³/mol. The summed E-state index contributed by atoms with van der Waals surface area (Å²) >= 11 is 0. The maximum Gasteiger partial charge on any atom is 0.306 e. The van der Waals surface area contributed by atoms with Gasteiger partial charge in [-0.25, -0.2) is 0 Å². The summed E-state index contributed by atoms with van der Waals surface area (Å²) in [6.07, 6.45) is 0.633. The first kappa shape index (κ1) is 13.1. The van der Waals surface area contributed by atoms with E-state index in [0.29, 0.717) is 12.8 Å². The molecule has 0 aliphatic heterocycles. The molecule has 0 amide bonds. The Morgan fingerprint density at radius 1 is 1.22 bits per heavy atom. The van der Waals surface area contributed by atoms with Gasteiger partial charge in [0.2, 0.25) is 0 Å². The lowest BCUT2D eigenvalue weighted by Crippen LogP contribution is -2.44. The molecule has 3 nitrogen and oxygen atoms in total. The molecule has 18 heavy (non-hydrogen) atoms. The molecule has 2 rings (SSSR count). The van der Waals surface area contributed by atoms with Crippen LogP contribution in [0.1, 0.15) is 44.7 Å². The molecular formula is C15H20O3. The molecule has 0 radical (unpaired) electrons. The lowest BCUT2D eigenvalue weighted by atomic mass is 9.67. The SMILES string of the molecule is CC(C)(C)c1ccc(C2(O)CC(C(=O)O)C2)cc1. The Labute approximate surface area is 107 Å². The van der Waals surface area contributed by atoms with Crippen LogP contribution in [0.25, 0.3) is 0 Å². The molecule has 0 heterocycles. The van der Waals surface area contributed by atoms with Crippen LogP contribution in [0.3, 0.4) is 0 Å². The lowest BCUT2D eigenvalue weighted by Gasteiger charge is -2.42. The van der Waals surface area contributed by atoms with E-state index in [1.807, 2.05) is 24.3 Å². The van der Waals surface area contributed by atoms with E-state index in [2.05, 4.69) is 20.8 Å². The largest absolute Gasteiger partial charge is 0.481 e. The van der Waals surface area contributed by atoms with Gasteiger partial charge < -0.3 is 10.2 Å². The van der Waals surface area contributed by atoms with Gasteiger partial charge >= 0.3 is 5.97 Å². The van der Waals surface area contributed by atoms with E-state index in [4.69, 9.17) is 5.11 Å². The molecule has 98 valence electrons. The molecule has 1 aliphatic carbocycles. The Hall–Kier alpha value is -1.35. The maximum absolute atomic E-state index is 10.8. The fourth-order valence-electron chi connectivity index (χ4n) is 2.45. The quantitative estimate of drug-likeness (QED) is 0.846. The van der Waals surface area contributed by atoms with Crippen LogP contribution in [-0.4, -0.2) is 16.2 Å². The first-order valence-electron chi connectivity index (χ1n) is 6.28. The van der Waals surface area contributed by atoms with Crippen molar-refractivity contribution < 1.29 is 15.0 Å². The number of hydrogen-bond donors (Lipinski definition) is 2. The van der Waals surface area contributed by atoms with Crippen molar-refractivity contribution in [2.75, 3.05) is 0 Å². The van der Waals surface area contributed by atoms with Crippen LogP contribution < -0.4 is 0 Å². The first-order chi connectivity index (χ1) is 8.22. The van der Waals surface area contributed by atoms with E-state index in [1.54, 1.807) is 0 Å². The number of carboxylic acids is 1. The Kier molecular flexibility index (Phi) is 2.98. The van der Waals surface area contributed by atoms with Crippen LogP contribution in [0.4, 0.5) is 0 Å². The first-order valence-corrected chi connectivity index (χ1v) is 6.28. The molecule has 0 saturated heterocycles. The van der Waals surface area contributed by atoms with Crippen molar-refractivity contribution in [2.45, 2.75) is 44.6 Å². The van der Waals surface area contributed by atoms with Gasteiger partial charge in [0, 0.05) is 0 Å². The van der Waals surface area contributed by atoms with E-state index in [1.165, 1.54) is 5.56 Å². The molecule has 1 saturated carbocycles. The maximum atomic E-state index is 10.8. The van der Waals surface area contributed by atoms with Crippen molar-refractivity contribution >= 4 is 5.97 Å².